The molecule has 98 valence electrons. The average molecular weight is 256 g/mol. The molecule has 0 aliphatic rings. The fourth-order valence-corrected chi connectivity index (χ4v) is 1.80. The molecule has 0 fully saturated rings. The highest BCUT2D eigenvalue weighted by molar-refractivity contribution is 5.74. The van der Waals surface area contributed by atoms with Gasteiger partial charge in [-0.25, -0.2) is 4.79 Å². The number of hydrogen-bond acceptors (Lipinski definition) is 3. The second-order valence-electron chi connectivity index (χ2n) is 4.31. The van der Waals surface area contributed by atoms with Crippen molar-refractivity contribution < 1.29 is 14.6 Å². The van der Waals surface area contributed by atoms with Crippen LogP contribution in [-0.2, 0) is 9.53 Å². The highest BCUT2D eigenvalue weighted by Gasteiger charge is 2.21. The third kappa shape index (κ3) is 3.42. The maximum Gasteiger partial charge on any atom is 0.335 e. The molecule has 0 saturated carbocycles. The largest absolute Gasteiger partial charge is 0.451 e. The Morgan fingerprint density at radius 1 is 0.947 bits per heavy atom. The molecule has 0 aliphatic heterocycles. The fraction of sp³-hybridized carbons (Fsp3) is 0.188. The number of aliphatic hydroxyl groups is 1. The van der Waals surface area contributed by atoms with Gasteiger partial charge in [-0.3, -0.25) is 0 Å². The zero-order valence-electron chi connectivity index (χ0n) is 10.7. The lowest BCUT2D eigenvalue weighted by Crippen LogP contribution is -2.22. The molecule has 0 aromatic heterocycles. The van der Waals surface area contributed by atoms with Crippen LogP contribution < -0.4 is 0 Å². The molecular weight excluding hydrogens is 240 g/mol. The number of carbonyl (C=O) groups is 1. The molecule has 0 spiro atoms. The minimum Gasteiger partial charge on any atom is -0.451 e. The molecule has 0 saturated heterocycles. The van der Waals surface area contributed by atoms with Gasteiger partial charge in [-0.2, -0.15) is 0 Å². The van der Waals surface area contributed by atoms with E-state index in [0.717, 1.165) is 11.1 Å². The zero-order chi connectivity index (χ0) is 13.7. The van der Waals surface area contributed by atoms with Gasteiger partial charge in [-0.15, -0.1) is 0 Å². The van der Waals surface area contributed by atoms with Gasteiger partial charge < -0.3 is 9.84 Å². The number of carbonyl (C=O) groups excluding carboxylic acids is 1. The number of hydrogen-bond donors (Lipinski definition) is 1. The monoisotopic (exact) mass is 256 g/mol. The third-order valence-electron chi connectivity index (χ3n) is 2.78. The molecule has 2 rings (SSSR count). The summed E-state index contributed by atoms with van der Waals surface area (Å²) in [6.07, 6.45) is -1.63. The second-order valence-corrected chi connectivity index (χ2v) is 4.31. The highest BCUT2D eigenvalue weighted by Crippen LogP contribution is 2.26. The number of benzene rings is 2. The van der Waals surface area contributed by atoms with Crippen molar-refractivity contribution in [2.75, 3.05) is 0 Å². The van der Waals surface area contributed by atoms with E-state index in [9.17, 15) is 9.90 Å². The minimum absolute atomic E-state index is 0.496. The molecule has 3 nitrogen and oxygen atoms in total. The third-order valence-corrected chi connectivity index (χ3v) is 2.78. The minimum atomic E-state index is -1.13. The first-order valence-electron chi connectivity index (χ1n) is 6.17. The maximum absolute atomic E-state index is 11.6. The molecule has 3 heteroatoms. The summed E-state index contributed by atoms with van der Waals surface area (Å²) < 4.78 is 5.40. The van der Waals surface area contributed by atoms with E-state index in [4.69, 9.17) is 4.74 Å². The summed E-state index contributed by atoms with van der Waals surface area (Å²) in [5, 5.41) is 9.29. The highest BCUT2D eigenvalue weighted by atomic mass is 16.6. The molecule has 0 bridgehead atoms. The normalized spacial score (nSPS) is 12.2. The Labute approximate surface area is 112 Å². The first-order chi connectivity index (χ1) is 9.18. The summed E-state index contributed by atoms with van der Waals surface area (Å²) >= 11 is 0. The van der Waals surface area contributed by atoms with Crippen LogP contribution in [0.4, 0.5) is 0 Å². The van der Waals surface area contributed by atoms with E-state index < -0.39 is 18.2 Å². The van der Waals surface area contributed by atoms with E-state index >= 15 is 0 Å². The van der Waals surface area contributed by atoms with Crippen LogP contribution in [-0.4, -0.2) is 17.2 Å². The predicted molar refractivity (Wildman–Crippen MR) is 72.5 cm³/mol. The van der Waals surface area contributed by atoms with Gasteiger partial charge in [0.2, 0.25) is 0 Å². The predicted octanol–water partition coefficient (Wildman–Crippen LogP) is 2.70. The van der Waals surface area contributed by atoms with E-state index in [-0.39, 0.29) is 0 Å². The molecule has 0 radical (unpaired) electrons. The van der Waals surface area contributed by atoms with E-state index in [1.54, 1.807) is 0 Å². The SMILES string of the molecule is C[C@H](O)C(=O)OC(c1ccccc1)c1ccccc1. The van der Waals surface area contributed by atoms with Gasteiger partial charge in [0, 0.05) is 0 Å². The van der Waals surface area contributed by atoms with E-state index in [1.165, 1.54) is 6.92 Å². The van der Waals surface area contributed by atoms with Crippen molar-refractivity contribution in [3.63, 3.8) is 0 Å². The van der Waals surface area contributed by atoms with Crippen LogP contribution in [0.5, 0.6) is 0 Å². The van der Waals surface area contributed by atoms with Gasteiger partial charge in [0.05, 0.1) is 0 Å². The van der Waals surface area contributed by atoms with Crippen molar-refractivity contribution in [3.8, 4) is 0 Å². The van der Waals surface area contributed by atoms with Crippen molar-refractivity contribution in [1.82, 2.24) is 0 Å². The van der Waals surface area contributed by atoms with Crippen molar-refractivity contribution in [1.29, 1.82) is 0 Å². The Morgan fingerprint density at radius 3 is 1.74 bits per heavy atom. The quantitative estimate of drug-likeness (QED) is 0.855. The number of ether oxygens (including phenoxy) is 1. The van der Waals surface area contributed by atoms with Crippen LogP contribution in [0.15, 0.2) is 60.7 Å². The first-order valence-corrected chi connectivity index (χ1v) is 6.17. The maximum atomic E-state index is 11.6. The Kier molecular flexibility index (Phi) is 4.31. The molecule has 0 amide bonds. The van der Waals surface area contributed by atoms with Crippen LogP contribution in [0.3, 0.4) is 0 Å². The summed E-state index contributed by atoms with van der Waals surface area (Å²) in [5.41, 5.74) is 1.76. The lowest BCUT2D eigenvalue weighted by atomic mass is 10.0. The summed E-state index contributed by atoms with van der Waals surface area (Å²) in [7, 11) is 0. The average Bonchev–Trinajstić information content (AvgIpc) is 2.46. The van der Waals surface area contributed by atoms with Crippen molar-refractivity contribution in [2.45, 2.75) is 19.1 Å². The molecule has 0 unspecified atom stereocenters. The molecule has 2 aromatic rings. The second kappa shape index (κ2) is 6.16. The van der Waals surface area contributed by atoms with Crippen LogP contribution in [0.1, 0.15) is 24.2 Å². The molecular formula is C16H16O3. The molecule has 19 heavy (non-hydrogen) atoms. The smallest absolute Gasteiger partial charge is 0.335 e. The summed E-state index contributed by atoms with van der Waals surface area (Å²) in [6.45, 7) is 1.40. The Balaban J connectivity index is 2.32. The topological polar surface area (TPSA) is 46.5 Å². The van der Waals surface area contributed by atoms with Crippen LogP contribution in [0.25, 0.3) is 0 Å². The van der Waals surface area contributed by atoms with E-state index in [2.05, 4.69) is 0 Å². The lowest BCUT2D eigenvalue weighted by Gasteiger charge is -2.19. The number of esters is 1. The number of rotatable bonds is 4. The first kappa shape index (κ1) is 13.3. The summed E-state index contributed by atoms with van der Waals surface area (Å²) in [6, 6.07) is 19.0. The lowest BCUT2D eigenvalue weighted by molar-refractivity contribution is -0.156. The standard InChI is InChI=1S/C16H16O3/c1-12(17)16(18)19-15(13-8-4-2-5-9-13)14-10-6-3-7-11-14/h2-12,15,17H,1H3/t12-/m0/s1. The van der Waals surface area contributed by atoms with E-state index in [1.807, 2.05) is 60.7 Å². The molecule has 1 N–H and O–H groups in total. The van der Waals surface area contributed by atoms with Gasteiger partial charge in [-0.1, -0.05) is 60.7 Å². The molecule has 0 aliphatic carbocycles. The van der Waals surface area contributed by atoms with Crippen molar-refractivity contribution >= 4 is 5.97 Å². The Hall–Kier alpha value is -2.13. The molecule has 0 heterocycles. The Bertz CT molecular complexity index is 481. The molecule has 1 atom stereocenters. The van der Waals surface area contributed by atoms with Gasteiger partial charge in [0.25, 0.3) is 0 Å². The van der Waals surface area contributed by atoms with Crippen molar-refractivity contribution in [3.05, 3.63) is 71.8 Å². The zero-order valence-corrected chi connectivity index (χ0v) is 10.7. The van der Waals surface area contributed by atoms with Gasteiger partial charge in [-0.05, 0) is 18.1 Å². The van der Waals surface area contributed by atoms with Gasteiger partial charge in [0.15, 0.2) is 6.10 Å². The van der Waals surface area contributed by atoms with Gasteiger partial charge >= 0.3 is 5.97 Å². The van der Waals surface area contributed by atoms with Crippen LogP contribution in [0, 0.1) is 0 Å². The summed E-state index contributed by atoms with van der Waals surface area (Å²) in [5.74, 6) is -0.627. The molecule has 2 aromatic carbocycles. The van der Waals surface area contributed by atoms with Crippen molar-refractivity contribution in [2.24, 2.45) is 0 Å². The summed E-state index contributed by atoms with van der Waals surface area (Å²) in [4.78, 5) is 11.6. The van der Waals surface area contributed by atoms with Crippen LogP contribution >= 0.6 is 0 Å². The Morgan fingerprint density at radius 2 is 1.37 bits per heavy atom. The number of aliphatic hydroxyl groups excluding tert-OH is 1. The van der Waals surface area contributed by atoms with Gasteiger partial charge in [0.1, 0.15) is 6.10 Å². The van der Waals surface area contributed by atoms with Crippen LogP contribution in [0.2, 0.25) is 0 Å². The fourth-order valence-electron chi connectivity index (χ4n) is 1.80. The van der Waals surface area contributed by atoms with E-state index in [0.29, 0.717) is 0 Å².